The van der Waals surface area contributed by atoms with Gasteiger partial charge in [-0.05, 0) is 65.6 Å². The summed E-state index contributed by atoms with van der Waals surface area (Å²) >= 11 is 1.50. The highest BCUT2D eigenvalue weighted by molar-refractivity contribution is 7.99. The van der Waals surface area contributed by atoms with Crippen molar-refractivity contribution in [2.45, 2.75) is 31.4 Å². The molecular weight excluding hydrogens is 550 g/mol. The van der Waals surface area contributed by atoms with Gasteiger partial charge in [0.25, 0.3) is 0 Å². The molecule has 1 fully saturated rings. The lowest BCUT2D eigenvalue weighted by atomic mass is 10.1. The zero-order valence-corrected chi connectivity index (χ0v) is 23.8. The van der Waals surface area contributed by atoms with Crippen molar-refractivity contribution >= 4 is 46.7 Å². The van der Waals surface area contributed by atoms with Gasteiger partial charge in [-0.15, -0.1) is 11.8 Å². The Balaban J connectivity index is 1.24. The Labute approximate surface area is 248 Å². The van der Waals surface area contributed by atoms with E-state index in [0.717, 1.165) is 22.3 Å². The molecule has 4 N–H and O–H groups in total. The van der Waals surface area contributed by atoms with Gasteiger partial charge in [0.2, 0.25) is 11.8 Å². The van der Waals surface area contributed by atoms with Crippen molar-refractivity contribution < 1.29 is 19.1 Å². The van der Waals surface area contributed by atoms with E-state index in [9.17, 15) is 14.4 Å². The smallest absolute Gasteiger partial charge is 0.412 e. The number of nitrogens with two attached hydrogens (primary N) is 1. The van der Waals surface area contributed by atoms with E-state index in [4.69, 9.17) is 10.5 Å². The molecule has 2 atom stereocenters. The number of nitrogens with zero attached hydrogens (tertiary/aromatic N) is 2. The zero-order valence-electron chi connectivity index (χ0n) is 23.0. The molecule has 0 saturated carbocycles. The second kappa shape index (κ2) is 13.2. The molecule has 5 rings (SSSR count). The fourth-order valence-corrected chi connectivity index (χ4v) is 6.02. The van der Waals surface area contributed by atoms with Gasteiger partial charge in [-0.25, -0.2) is 4.79 Å². The summed E-state index contributed by atoms with van der Waals surface area (Å²) in [4.78, 5) is 44.9. The summed E-state index contributed by atoms with van der Waals surface area (Å²) in [5.41, 5.74) is 11.1. The molecule has 1 saturated heterocycles. The number of pyridine rings is 1. The van der Waals surface area contributed by atoms with Gasteiger partial charge >= 0.3 is 6.09 Å². The Morgan fingerprint density at radius 2 is 1.69 bits per heavy atom. The normalized spacial score (nSPS) is 16.1. The van der Waals surface area contributed by atoms with Gasteiger partial charge in [-0.2, -0.15) is 0 Å². The number of carbonyl (C=O) groups is 3. The van der Waals surface area contributed by atoms with Crippen LogP contribution in [-0.2, 0) is 27.4 Å². The fourth-order valence-electron chi connectivity index (χ4n) is 4.60. The number of nitrogen functional groups attached to an aromatic ring is 1. The number of carbonyl (C=O) groups excluding carboxylic acids is 3. The fraction of sp³-hybridized carbons (Fsp3) is 0.188. The first-order chi connectivity index (χ1) is 20.4. The van der Waals surface area contributed by atoms with E-state index in [2.05, 4.69) is 15.6 Å². The molecule has 2 heterocycles. The van der Waals surface area contributed by atoms with E-state index < -0.39 is 17.5 Å². The molecule has 2 unspecified atom stereocenters. The molecule has 3 aromatic carbocycles. The maximum Gasteiger partial charge on any atom is 0.412 e. The summed E-state index contributed by atoms with van der Waals surface area (Å²) in [6.07, 6.45) is 2.90. The number of nitrogens with one attached hydrogen (secondary N) is 2. The van der Waals surface area contributed by atoms with Gasteiger partial charge in [0.15, 0.2) is 0 Å². The maximum atomic E-state index is 13.4. The van der Waals surface area contributed by atoms with Gasteiger partial charge in [-0.3, -0.25) is 19.5 Å². The number of rotatable bonds is 8. The average molecular weight is 582 g/mol. The van der Waals surface area contributed by atoms with Crippen LogP contribution >= 0.6 is 11.8 Å². The first-order valence-electron chi connectivity index (χ1n) is 13.4. The van der Waals surface area contributed by atoms with Crippen LogP contribution in [0.25, 0.3) is 0 Å². The molecule has 0 aliphatic carbocycles. The van der Waals surface area contributed by atoms with Crippen molar-refractivity contribution in [1.82, 2.24) is 9.88 Å². The van der Waals surface area contributed by atoms with Crippen LogP contribution in [0.5, 0.6) is 0 Å². The molecule has 1 aliphatic rings. The molecule has 0 bridgehead atoms. The number of hydrogen-bond donors (Lipinski definition) is 3. The summed E-state index contributed by atoms with van der Waals surface area (Å²) in [5.74, 6) is -0.116. The average Bonchev–Trinajstić information content (AvgIpc) is 3.45. The molecule has 3 amide bonds. The highest BCUT2D eigenvalue weighted by Gasteiger charge is 2.43. The van der Waals surface area contributed by atoms with Crippen LogP contribution in [0, 0.1) is 6.92 Å². The predicted octanol–water partition coefficient (Wildman–Crippen LogP) is 5.54. The van der Waals surface area contributed by atoms with E-state index in [1.54, 1.807) is 42.7 Å². The van der Waals surface area contributed by atoms with Crippen molar-refractivity contribution in [2.75, 3.05) is 22.1 Å². The molecule has 42 heavy (non-hydrogen) atoms. The minimum atomic E-state index is -0.748. The summed E-state index contributed by atoms with van der Waals surface area (Å²) in [7, 11) is 0. The lowest BCUT2D eigenvalue weighted by Crippen LogP contribution is -2.45. The molecule has 4 aromatic rings. The number of anilines is 3. The van der Waals surface area contributed by atoms with Crippen molar-refractivity contribution in [3.63, 3.8) is 0 Å². The minimum absolute atomic E-state index is 0.101. The van der Waals surface area contributed by atoms with Crippen LogP contribution in [0.2, 0.25) is 0 Å². The summed E-state index contributed by atoms with van der Waals surface area (Å²) in [6, 6.07) is 24.8. The topological polar surface area (TPSA) is 127 Å². The Morgan fingerprint density at radius 3 is 2.43 bits per heavy atom. The Morgan fingerprint density at radius 1 is 0.952 bits per heavy atom. The third-order valence-electron chi connectivity index (χ3n) is 6.78. The van der Waals surface area contributed by atoms with E-state index in [1.807, 2.05) is 61.5 Å². The number of aromatic nitrogens is 1. The van der Waals surface area contributed by atoms with E-state index >= 15 is 0 Å². The lowest BCUT2D eigenvalue weighted by molar-refractivity contribution is -0.120. The number of thioether (sulfide) groups is 1. The van der Waals surface area contributed by atoms with Crippen LogP contribution in [0.4, 0.5) is 21.9 Å². The molecule has 0 spiro atoms. The quantitative estimate of drug-likeness (QED) is 0.233. The summed E-state index contributed by atoms with van der Waals surface area (Å²) in [6.45, 7) is 2.03. The zero-order chi connectivity index (χ0) is 29.5. The predicted molar refractivity (Wildman–Crippen MR) is 165 cm³/mol. The molecule has 0 radical (unpaired) electrons. The lowest BCUT2D eigenvalue weighted by Gasteiger charge is -2.28. The largest absolute Gasteiger partial charge is 0.444 e. The van der Waals surface area contributed by atoms with Crippen LogP contribution in [-0.4, -0.2) is 39.6 Å². The van der Waals surface area contributed by atoms with Crippen LogP contribution in [0.3, 0.4) is 0 Å². The van der Waals surface area contributed by atoms with Crippen molar-refractivity contribution in [1.29, 1.82) is 0 Å². The Bertz CT molecular complexity index is 1550. The number of benzene rings is 3. The van der Waals surface area contributed by atoms with Crippen LogP contribution in [0.15, 0.2) is 97.3 Å². The Kier molecular flexibility index (Phi) is 9.03. The third kappa shape index (κ3) is 7.08. The summed E-state index contributed by atoms with van der Waals surface area (Å²) in [5, 5.41) is 5.37. The highest BCUT2D eigenvalue weighted by Crippen LogP contribution is 2.42. The molecule has 214 valence electrons. The van der Waals surface area contributed by atoms with Gasteiger partial charge in [-0.1, -0.05) is 48.5 Å². The molecular formula is C32H31N5O4S. The third-order valence-corrected chi connectivity index (χ3v) is 8.10. The highest BCUT2D eigenvalue weighted by atomic mass is 32.2. The first-order valence-corrected chi connectivity index (χ1v) is 14.5. The van der Waals surface area contributed by atoms with Gasteiger partial charge in [0, 0.05) is 23.8 Å². The molecule has 1 aliphatic heterocycles. The number of hydrogen-bond acceptors (Lipinski definition) is 7. The van der Waals surface area contributed by atoms with Crippen LogP contribution in [0.1, 0.15) is 27.6 Å². The van der Waals surface area contributed by atoms with E-state index in [-0.39, 0.29) is 24.8 Å². The minimum Gasteiger partial charge on any atom is -0.444 e. The number of ether oxygens (including phenoxy) is 1. The molecule has 9 nitrogen and oxygen atoms in total. The second-order valence-corrected chi connectivity index (χ2v) is 11.0. The number of amides is 3. The van der Waals surface area contributed by atoms with Gasteiger partial charge < -0.3 is 21.1 Å². The molecule has 10 heteroatoms. The second-order valence-electron chi connectivity index (χ2n) is 9.93. The van der Waals surface area contributed by atoms with E-state index in [0.29, 0.717) is 22.8 Å². The van der Waals surface area contributed by atoms with Crippen LogP contribution < -0.4 is 16.4 Å². The number of aryl methyl sites for hydroxylation is 1. The van der Waals surface area contributed by atoms with Crippen molar-refractivity contribution in [2.24, 2.45) is 0 Å². The van der Waals surface area contributed by atoms with Gasteiger partial charge in [0.05, 0.1) is 17.8 Å². The SMILES string of the molecule is Cc1ccc(N)c(NC(=O)Cc2ccc(NC(=O)C3CSC(c4ccncc4)N3C(=O)OCc3ccccc3)cc2)c1. The van der Waals surface area contributed by atoms with E-state index in [1.165, 1.54) is 16.7 Å². The standard InChI is InChI=1S/C32H31N5O4S/c1-21-7-12-26(33)27(17-21)36-29(38)18-22-8-10-25(11-9-22)35-30(39)28-20-42-31(24-13-15-34-16-14-24)37(28)32(40)41-19-23-5-3-2-4-6-23/h2-17,28,31H,18-20,33H2,1H3,(H,35,39)(H,36,38). The first kappa shape index (κ1) is 28.7. The van der Waals surface area contributed by atoms with Gasteiger partial charge in [0.1, 0.15) is 18.0 Å². The monoisotopic (exact) mass is 581 g/mol. The van der Waals surface area contributed by atoms with Crippen molar-refractivity contribution in [3.05, 3.63) is 120 Å². The maximum absolute atomic E-state index is 13.4. The van der Waals surface area contributed by atoms with Crippen molar-refractivity contribution in [3.8, 4) is 0 Å². The Hall–Kier alpha value is -4.83. The molecule has 1 aromatic heterocycles. The summed E-state index contributed by atoms with van der Waals surface area (Å²) < 4.78 is 5.64.